The predicted octanol–water partition coefficient (Wildman–Crippen LogP) is 1.97. The highest BCUT2D eigenvalue weighted by Crippen LogP contribution is 2.30. The van der Waals surface area contributed by atoms with E-state index in [1.165, 1.54) is 5.01 Å². The average Bonchev–Trinajstić information content (AvgIpc) is 2.15. The van der Waals surface area contributed by atoms with E-state index < -0.39 is 5.54 Å². The Kier molecular flexibility index (Phi) is 4.28. The van der Waals surface area contributed by atoms with Gasteiger partial charge in [-0.25, -0.2) is 5.01 Å². The van der Waals surface area contributed by atoms with Gasteiger partial charge in [-0.15, -0.1) is 0 Å². The molecule has 0 spiro atoms. The van der Waals surface area contributed by atoms with E-state index in [4.69, 9.17) is 5.84 Å². The maximum Gasteiger partial charge on any atom is 0.159 e. The van der Waals surface area contributed by atoms with Crippen molar-refractivity contribution < 1.29 is 4.79 Å². The Labute approximate surface area is 87.6 Å². The van der Waals surface area contributed by atoms with Crippen LogP contribution in [0.15, 0.2) is 0 Å². The molecule has 0 heterocycles. The minimum absolute atomic E-state index is 0.222. The molecule has 0 saturated carbocycles. The Morgan fingerprint density at radius 2 is 1.64 bits per heavy atom. The molecule has 0 saturated heterocycles. The molecule has 0 aliphatic rings. The summed E-state index contributed by atoms with van der Waals surface area (Å²) in [6, 6.07) is 0. The molecule has 0 radical (unpaired) electrons. The Morgan fingerprint density at radius 3 is 1.86 bits per heavy atom. The molecule has 2 N–H and O–H groups in total. The van der Waals surface area contributed by atoms with Crippen LogP contribution >= 0.6 is 0 Å². The first-order chi connectivity index (χ1) is 6.22. The summed E-state index contributed by atoms with van der Waals surface area (Å²) in [7, 11) is 1.76. The maximum atomic E-state index is 12.3. The molecule has 0 aromatic carbocycles. The van der Waals surface area contributed by atoms with E-state index in [0.717, 1.165) is 12.8 Å². The maximum absolute atomic E-state index is 12.3. The second-order valence-electron chi connectivity index (χ2n) is 4.80. The van der Waals surface area contributed by atoms with E-state index >= 15 is 0 Å². The molecule has 0 aliphatic carbocycles. The van der Waals surface area contributed by atoms with Crippen molar-refractivity contribution in [2.75, 3.05) is 7.05 Å². The van der Waals surface area contributed by atoms with Gasteiger partial charge in [0, 0.05) is 12.5 Å². The Bertz CT molecular complexity index is 211. The molecule has 0 aromatic heterocycles. The summed E-state index contributed by atoms with van der Waals surface area (Å²) >= 11 is 0. The van der Waals surface area contributed by atoms with Crippen LogP contribution in [0.2, 0.25) is 0 Å². The van der Waals surface area contributed by atoms with Crippen molar-refractivity contribution >= 4 is 5.78 Å². The van der Waals surface area contributed by atoms with Crippen molar-refractivity contribution in [2.24, 2.45) is 11.3 Å². The standard InChI is InChI=1S/C11H24N2O/c1-7-10(3,4)9(14)11(5,8-2)13(6)12/h7-8,12H2,1-6H3. The van der Waals surface area contributed by atoms with E-state index in [1.807, 2.05) is 34.6 Å². The van der Waals surface area contributed by atoms with Crippen LogP contribution in [0, 0.1) is 5.41 Å². The van der Waals surface area contributed by atoms with E-state index in [2.05, 4.69) is 0 Å². The molecule has 3 nitrogen and oxygen atoms in total. The highest BCUT2D eigenvalue weighted by molar-refractivity contribution is 5.92. The van der Waals surface area contributed by atoms with Crippen LogP contribution in [-0.2, 0) is 4.79 Å². The Balaban J connectivity index is 4.98. The number of carbonyl (C=O) groups is 1. The normalized spacial score (nSPS) is 16.9. The molecule has 0 fully saturated rings. The summed E-state index contributed by atoms with van der Waals surface area (Å²) in [6.45, 7) is 9.89. The lowest BCUT2D eigenvalue weighted by molar-refractivity contribution is -0.139. The molecule has 84 valence electrons. The molecule has 0 aliphatic heterocycles. The number of ketones is 1. The number of nitrogens with two attached hydrogens (primary N) is 1. The number of Topliss-reactive ketones (excluding diaryl/α,β-unsaturated/α-hetero) is 1. The Morgan fingerprint density at radius 1 is 1.21 bits per heavy atom. The summed E-state index contributed by atoms with van der Waals surface area (Å²) in [5.41, 5.74) is -0.835. The van der Waals surface area contributed by atoms with Gasteiger partial charge < -0.3 is 0 Å². The highest BCUT2D eigenvalue weighted by atomic mass is 16.1. The smallest absolute Gasteiger partial charge is 0.159 e. The van der Waals surface area contributed by atoms with Crippen molar-refractivity contribution in [3.05, 3.63) is 0 Å². The first kappa shape index (κ1) is 13.6. The average molecular weight is 200 g/mol. The molecule has 1 unspecified atom stereocenters. The summed E-state index contributed by atoms with van der Waals surface area (Å²) in [5, 5.41) is 1.53. The molecule has 3 heteroatoms. The third-order valence-corrected chi connectivity index (χ3v) is 3.45. The van der Waals surface area contributed by atoms with Crippen molar-refractivity contribution in [3.8, 4) is 0 Å². The number of carbonyl (C=O) groups excluding carboxylic acids is 1. The SMILES string of the molecule is CCC(C)(C)C(=O)C(C)(CC)N(C)N. The van der Waals surface area contributed by atoms with Crippen molar-refractivity contribution in [1.29, 1.82) is 0 Å². The van der Waals surface area contributed by atoms with Crippen LogP contribution in [0.3, 0.4) is 0 Å². The van der Waals surface area contributed by atoms with Crippen LogP contribution in [0.4, 0.5) is 0 Å². The predicted molar refractivity (Wildman–Crippen MR) is 59.7 cm³/mol. The number of hydrogen-bond acceptors (Lipinski definition) is 3. The third kappa shape index (κ3) is 2.34. The largest absolute Gasteiger partial charge is 0.297 e. The van der Waals surface area contributed by atoms with Gasteiger partial charge in [-0.2, -0.15) is 0 Å². The van der Waals surface area contributed by atoms with Gasteiger partial charge in [0.25, 0.3) is 0 Å². The van der Waals surface area contributed by atoms with Crippen molar-refractivity contribution in [2.45, 2.75) is 53.0 Å². The van der Waals surface area contributed by atoms with E-state index in [1.54, 1.807) is 7.05 Å². The minimum atomic E-state index is -0.542. The van der Waals surface area contributed by atoms with Crippen LogP contribution in [0.25, 0.3) is 0 Å². The topological polar surface area (TPSA) is 46.3 Å². The zero-order valence-electron chi connectivity index (χ0n) is 10.3. The Hall–Kier alpha value is -0.410. The first-order valence-corrected chi connectivity index (χ1v) is 5.25. The highest BCUT2D eigenvalue weighted by Gasteiger charge is 2.41. The van der Waals surface area contributed by atoms with Crippen molar-refractivity contribution in [3.63, 3.8) is 0 Å². The summed E-state index contributed by atoms with van der Waals surface area (Å²) in [4.78, 5) is 12.3. The number of likely N-dealkylation sites (N-methyl/N-ethyl adjacent to an activating group) is 1. The quantitative estimate of drug-likeness (QED) is 0.545. The van der Waals surface area contributed by atoms with Gasteiger partial charge in [-0.1, -0.05) is 27.7 Å². The lowest BCUT2D eigenvalue weighted by atomic mass is 9.74. The zero-order chi connectivity index (χ0) is 11.6. The van der Waals surface area contributed by atoms with Gasteiger partial charge in [0.05, 0.1) is 5.54 Å². The van der Waals surface area contributed by atoms with Crippen LogP contribution in [0.1, 0.15) is 47.5 Å². The van der Waals surface area contributed by atoms with Crippen LogP contribution in [-0.4, -0.2) is 23.4 Å². The number of hydrazine groups is 1. The van der Waals surface area contributed by atoms with Gasteiger partial charge >= 0.3 is 0 Å². The van der Waals surface area contributed by atoms with Crippen LogP contribution in [0.5, 0.6) is 0 Å². The fourth-order valence-electron chi connectivity index (χ4n) is 1.46. The summed E-state index contributed by atoms with van der Waals surface area (Å²) in [5.74, 6) is 5.97. The van der Waals surface area contributed by atoms with Crippen molar-refractivity contribution in [1.82, 2.24) is 5.01 Å². The van der Waals surface area contributed by atoms with E-state index in [0.29, 0.717) is 0 Å². The van der Waals surface area contributed by atoms with Gasteiger partial charge in [0.1, 0.15) is 0 Å². The van der Waals surface area contributed by atoms with Gasteiger partial charge in [-0.05, 0) is 19.8 Å². The van der Waals surface area contributed by atoms with E-state index in [-0.39, 0.29) is 11.2 Å². The zero-order valence-corrected chi connectivity index (χ0v) is 10.3. The monoisotopic (exact) mass is 200 g/mol. The van der Waals surface area contributed by atoms with Crippen LogP contribution < -0.4 is 5.84 Å². The van der Waals surface area contributed by atoms with Gasteiger partial charge in [0.15, 0.2) is 5.78 Å². The summed E-state index contributed by atoms with van der Waals surface area (Å²) < 4.78 is 0. The van der Waals surface area contributed by atoms with E-state index in [9.17, 15) is 4.79 Å². The second kappa shape index (κ2) is 4.41. The number of hydrogen-bond donors (Lipinski definition) is 1. The van der Waals surface area contributed by atoms with Gasteiger partial charge in [0.2, 0.25) is 0 Å². The lowest BCUT2D eigenvalue weighted by Gasteiger charge is -2.39. The van der Waals surface area contributed by atoms with Gasteiger partial charge in [-0.3, -0.25) is 10.6 Å². The molecule has 0 amide bonds. The molecule has 14 heavy (non-hydrogen) atoms. The summed E-state index contributed by atoms with van der Waals surface area (Å²) in [6.07, 6.45) is 1.58. The fraction of sp³-hybridized carbons (Fsp3) is 0.909. The number of rotatable bonds is 5. The molecular weight excluding hydrogens is 176 g/mol. The second-order valence-corrected chi connectivity index (χ2v) is 4.80. The first-order valence-electron chi connectivity index (χ1n) is 5.25. The molecule has 0 rings (SSSR count). The third-order valence-electron chi connectivity index (χ3n) is 3.45. The number of nitrogens with zero attached hydrogens (tertiary/aromatic N) is 1. The molecule has 0 aromatic rings. The lowest BCUT2D eigenvalue weighted by Crippen LogP contribution is -2.57. The fourth-order valence-corrected chi connectivity index (χ4v) is 1.46. The molecule has 1 atom stereocenters. The molecule has 0 bridgehead atoms. The minimum Gasteiger partial charge on any atom is -0.297 e. The molecular formula is C11H24N2O.